The molecule has 0 aliphatic heterocycles. The maximum absolute atomic E-state index is 12.4. The zero-order valence-electron chi connectivity index (χ0n) is 17.3. The Morgan fingerprint density at radius 2 is 1.76 bits per heavy atom. The molecule has 0 bridgehead atoms. The van der Waals surface area contributed by atoms with Gasteiger partial charge in [0, 0.05) is 30.4 Å². The highest BCUT2D eigenvalue weighted by atomic mass is 32.2. The molecule has 1 N–H and O–H groups in total. The van der Waals surface area contributed by atoms with E-state index in [0.29, 0.717) is 18.1 Å². The molecule has 3 aromatic rings. The van der Waals surface area contributed by atoms with E-state index in [1.54, 1.807) is 41.1 Å². The second kappa shape index (κ2) is 7.59. The van der Waals surface area contributed by atoms with Gasteiger partial charge < -0.3 is 5.32 Å². The minimum absolute atomic E-state index is 0.0781. The Labute approximate surface area is 170 Å². The zero-order valence-corrected chi connectivity index (χ0v) is 18.1. The summed E-state index contributed by atoms with van der Waals surface area (Å²) in [6.07, 6.45) is 2.88. The summed E-state index contributed by atoms with van der Waals surface area (Å²) >= 11 is 0. The molecule has 0 amide bonds. The lowest BCUT2D eigenvalue weighted by atomic mass is 9.97. The molecule has 154 valence electrons. The van der Waals surface area contributed by atoms with E-state index in [-0.39, 0.29) is 21.9 Å². The van der Waals surface area contributed by atoms with Crippen LogP contribution in [0.1, 0.15) is 39.3 Å². The highest BCUT2D eigenvalue weighted by Crippen LogP contribution is 2.22. The molecular weight excluding hydrogens is 388 g/mol. The Balaban J connectivity index is 1.92. The molecular formula is C21H26N4O3S. The molecule has 0 unspecified atom stereocenters. The van der Waals surface area contributed by atoms with E-state index in [1.165, 1.54) is 12.3 Å². The van der Waals surface area contributed by atoms with Gasteiger partial charge in [-0.25, -0.2) is 13.4 Å². The zero-order chi connectivity index (χ0) is 21.4. The van der Waals surface area contributed by atoms with Crippen molar-refractivity contribution >= 4 is 26.8 Å². The van der Waals surface area contributed by atoms with Crippen LogP contribution in [0, 0.1) is 5.41 Å². The quantitative estimate of drug-likeness (QED) is 0.688. The Hall–Kier alpha value is -2.74. The third kappa shape index (κ3) is 5.00. The van der Waals surface area contributed by atoms with Crippen LogP contribution >= 0.6 is 0 Å². The van der Waals surface area contributed by atoms with Crippen molar-refractivity contribution in [3.05, 3.63) is 58.5 Å². The summed E-state index contributed by atoms with van der Waals surface area (Å²) in [5, 5.41) is 4.03. The number of hydrogen-bond donors (Lipinski definition) is 1. The first-order chi connectivity index (χ1) is 13.4. The topological polar surface area (TPSA) is 93.9 Å². The van der Waals surface area contributed by atoms with Gasteiger partial charge in [0.15, 0.2) is 9.84 Å². The highest BCUT2D eigenvalue weighted by Gasteiger charge is 2.16. The third-order valence-corrected chi connectivity index (χ3v) is 5.64. The molecule has 2 aromatic heterocycles. The fourth-order valence-corrected chi connectivity index (χ4v) is 3.68. The first-order valence-electron chi connectivity index (χ1n) is 9.37. The summed E-state index contributed by atoms with van der Waals surface area (Å²) in [5.41, 5.74) is 1.32. The van der Waals surface area contributed by atoms with Gasteiger partial charge in [-0.3, -0.25) is 9.36 Å². The van der Waals surface area contributed by atoms with Crippen LogP contribution in [-0.4, -0.2) is 29.2 Å². The number of nitrogens with one attached hydrogen (secondary N) is 1. The largest absolute Gasteiger partial charge is 0.348 e. The van der Waals surface area contributed by atoms with Crippen LogP contribution in [0.3, 0.4) is 0 Å². The number of nitrogens with zero attached hydrogens (tertiary/aromatic N) is 3. The smallest absolute Gasteiger partial charge is 0.252 e. The average Bonchev–Trinajstić information content (AvgIpc) is 2.63. The van der Waals surface area contributed by atoms with Crippen molar-refractivity contribution in [1.29, 1.82) is 0 Å². The van der Waals surface area contributed by atoms with Gasteiger partial charge >= 0.3 is 0 Å². The van der Waals surface area contributed by atoms with Crippen molar-refractivity contribution in [1.82, 2.24) is 14.5 Å². The number of anilines is 1. The van der Waals surface area contributed by atoms with Crippen LogP contribution in [-0.2, 0) is 16.4 Å². The SMILES string of the molecule is C[C@H](Nc1ncc2ccc(=O)n(CC(C)(C)C)c2n1)c1ccc(S(C)(=O)=O)cc1. The van der Waals surface area contributed by atoms with Gasteiger partial charge in [-0.2, -0.15) is 4.98 Å². The molecule has 0 saturated carbocycles. The number of rotatable bonds is 5. The predicted octanol–water partition coefficient (Wildman–Crippen LogP) is 3.41. The van der Waals surface area contributed by atoms with Gasteiger partial charge in [-0.15, -0.1) is 0 Å². The van der Waals surface area contributed by atoms with Crippen molar-refractivity contribution in [2.45, 2.75) is 45.2 Å². The number of aromatic nitrogens is 3. The summed E-state index contributed by atoms with van der Waals surface area (Å²) < 4.78 is 24.9. The van der Waals surface area contributed by atoms with E-state index in [9.17, 15) is 13.2 Å². The number of fused-ring (bicyclic) bond motifs is 1. The minimum Gasteiger partial charge on any atom is -0.348 e. The first kappa shape index (κ1) is 21.0. The highest BCUT2D eigenvalue weighted by molar-refractivity contribution is 7.90. The monoisotopic (exact) mass is 414 g/mol. The number of sulfone groups is 1. The molecule has 29 heavy (non-hydrogen) atoms. The molecule has 2 heterocycles. The minimum atomic E-state index is -3.23. The first-order valence-corrected chi connectivity index (χ1v) is 11.3. The number of pyridine rings is 1. The molecule has 3 rings (SSSR count). The van der Waals surface area contributed by atoms with Crippen LogP contribution in [0.15, 0.2) is 52.3 Å². The molecule has 8 heteroatoms. The maximum Gasteiger partial charge on any atom is 0.252 e. The van der Waals surface area contributed by atoms with Crippen LogP contribution in [0.2, 0.25) is 0 Å². The summed E-state index contributed by atoms with van der Waals surface area (Å²) in [6.45, 7) is 8.70. The Morgan fingerprint density at radius 1 is 1.10 bits per heavy atom. The third-order valence-electron chi connectivity index (χ3n) is 4.51. The van der Waals surface area contributed by atoms with E-state index < -0.39 is 9.84 Å². The fourth-order valence-electron chi connectivity index (χ4n) is 3.05. The van der Waals surface area contributed by atoms with Crippen LogP contribution in [0.4, 0.5) is 5.95 Å². The molecule has 1 atom stereocenters. The van der Waals surface area contributed by atoms with Gasteiger partial charge in [0.05, 0.1) is 10.9 Å². The van der Waals surface area contributed by atoms with Crippen LogP contribution < -0.4 is 10.9 Å². The lowest BCUT2D eigenvalue weighted by Gasteiger charge is -2.21. The summed E-state index contributed by atoms with van der Waals surface area (Å²) in [5.74, 6) is 0.408. The fraction of sp³-hybridized carbons (Fsp3) is 0.381. The summed E-state index contributed by atoms with van der Waals surface area (Å²) in [7, 11) is -3.23. The van der Waals surface area contributed by atoms with Crippen molar-refractivity contribution in [3.63, 3.8) is 0 Å². The van der Waals surface area contributed by atoms with Crippen LogP contribution in [0.5, 0.6) is 0 Å². The molecule has 0 spiro atoms. The number of hydrogen-bond acceptors (Lipinski definition) is 6. The van der Waals surface area contributed by atoms with E-state index >= 15 is 0 Å². The van der Waals surface area contributed by atoms with E-state index in [4.69, 9.17) is 0 Å². The van der Waals surface area contributed by atoms with Gasteiger partial charge in [0.2, 0.25) is 5.95 Å². The van der Waals surface area contributed by atoms with Gasteiger partial charge in [0.25, 0.3) is 5.56 Å². The van der Waals surface area contributed by atoms with Crippen LogP contribution in [0.25, 0.3) is 11.0 Å². The lowest BCUT2D eigenvalue weighted by molar-refractivity contribution is 0.343. The predicted molar refractivity (Wildman–Crippen MR) is 115 cm³/mol. The maximum atomic E-state index is 12.4. The summed E-state index contributed by atoms with van der Waals surface area (Å²) in [6, 6.07) is 9.84. The lowest BCUT2D eigenvalue weighted by Crippen LogP contribution is -2.27. The van der Waals surface area contributed by atoms with Crippen molar-refractivity contribution in [2.75, 3.05) is 11.6 Å². The van der Waals surface area contributed by atoms with Gasteiger partial charge in [-0.05, 0) is 36.1 Å². The molecule has 7 nitrogen and oxygen atoms in total. The summed E-state index contributed by atoms with van der Waals surface area (Å²) in [4.78, 5) is 21.6. The number of benzene rings is 1. The molecule has 0 aliphatic rings. The Kier molecular flexibility index (Phi) is 5.49. The van der Waals surface area contributed by atoms with Crippen molar-refractivity contribution in [2.24, 2.45) is 5.41 Å². The second-order valence-corrected chi connectivity index (χ2v) is 10.5. The molecule has 0 saturated heterocycles. The van der Waals surface area contributed by atoms with Crippen molar-refractivity contribution in [3.8, 4) is 0 Å². The molecule has 0 fully saturated rings. The van der Waals surface area contributed by atoms with Gasteiger partial charge in [-0.1, -0.05) is 32.9 Å². The standard InChI is InChI=1S/C21H26N4O3S/c1-14(15-6-9-17(10-7-15)29(5,27)28)23-20-22-12-16-8-11-18(26)25(19(16)24-20)13-21(2,3)4/h6-12,14H,13H2,1-5H3,(H,22,23,24)/t14-/m0/s1. The Bertz CT molecular complexity index is 1190. The second-order valence-electron chi connectivity index (χ2n) is 8.50. The molecule has 0 radical (unpaired) electrons. The normalized spacial score (nSPS) is 13.4. The van der Waals surface area contributed by atoms with E-state index in [1.807, 2.05) is 6.92 Å². The Morgan fingerprint density at radius 3 is 2.34 bits per heavy atom. The average molecular weight is 415 g/mol. The van der Waals surface area contributed by atoms with E-state index in [2.05, 4.69) is 36.1 Å². The van der Waals surface area contributed by atoms with E-state index in [0.717, 1.165) is 10.9 Å². The van der Waals surface area contributed by atoms with Gasteiger partial charge in [0.1, 0.15) is 5.65 Å². The molecule has 1 aromatic carbocycles. The van der Waals surface area contributed by atoms with Crippen molar-refractivity contribution < 1.29 is 8.42 Å². The molecule has 0 aliphatic carbocycles.